The lowest BCUT2D eigenvalue weighted by atomic mass is 9.69. The maximum Gasteiger partial charge on any atom is 0.137 e. The summed E-state index contributed by atoms with van der Waals surface area (Å²) in [6.07, 6.45) is 4.14. The second kappa shape index (κ2) is 10.2. The molecule has 0 amide bonds. The molecule has 52 heavy (non-hydrogen) atoms. The Morgan fingerprint density at radius 1 is 0.423 bits per heavy atom. The average Bonchev–Trinajstić information content (AvgIpc) is 3.87. The molecule has 0 saturated carbocycles. The molecule has 0 radical (unpaired) electrons. The van der Waals surface area contributed by atoms with E-state index in [1.54, 1.807) is 0 Å². The van der Waals surface area contributed by atoms with Crippen molar-refractivity contribution in [1.29, 1.82) is 0 Å². The highest BCUT2D eigenvalue weighted by Crippen LogP contribution is 2.65. The quantitative estimate of drug-likeness (QED) is 0.169. The summed E-state index contributed by atoms with van der Waals surface area (Å²) in [6.45, 7) is 0. The Kier molecular flexibility index (Phi) is 5.46. The Morgan fingerprint density at radius 3 is 1.79 bits per heavy atom. The normalized spacial score (nSPS) is 13.5. The zero-order valence-corrected chi connectivity index (χ0v) is 28.2. The molecule has 2 aliphatic carbocycles. The predicted octanol–water partition coefficient (Wildman–Crippen LogP) is 12.5. The molecule has 2 aromatic heterocycles. The molecule has 0 unspecified atom stereocenters. The van der Waals surface area contributed by atoms with Crippen molar-refractivity contribution < 1.29 is 0 Å². The molecule has 2 heteroatoms. The molecular weight excluding hydrogens is 629 g/mol. The molecule has 0 aliphatic heterocycles. The van der Waals surface area contributed by atoms with Gasteiger partial charge in [0.2, 0.25) is 0 Å². The summed E-state index contributed by atoms with van der Waals surface area (Å²) < 4.78 is 2.07. The van der Waals surface area contributed by atoms with Crippen molar-refractivity contribution in [2.24, 2.45) is 0 Å². The van der Waals surface area contributed by atoms with Gasteiger partial charge in [-0.25, -0.2) is 4.98 Å². The van der Waals surface area contributed by atoms with Gasteiger partial charge in [0.25, 0.3) is 0 Å². The highest BCUT2D eigenvalue weighted by Gasteiger charge is 2.53. The molecule has 12 rings (SSSR count). The molecule has 1 spiro atoms. The van der Waals surface area contributed by atoms with Crippen molar-refractivity contribution in [2.75, 3.05) is 0 Å². The summed E-state index contributed by atoms with van der Waals surface area (Å²) in [5, 5.41) is 7.77. The summed E-state index contributed by atoms with van der Waals surface area (Å²) in [6, 6.07) is 63.2. The number of hydrogen-bond donors (Lipinski definition) is 0. The fraction of sp³-hybridized carbons (Fsp3) is 0.0200. The number of aromatic nitrogens is 2. The first-order valence-corrected chi connectivity index (χ1v) is 18.0. The maximum absolute atomic E-state index is 4.84. The summed E-state index contributed by atoms with van der Waals surface area (Å²) >= 11 is 0. The van der Waals surface area contributed by atoms with Crippen molar-refractivity contribution >= 4 is 38.0 Å². The van der Waals surface area contributed by atoms with Crippen LogP contribution in [-0.2, 0) is 5.41 Å². The minimum Gasteiger partial charge on any atom is -0.306 e. The van der Waals surface area contributed by atoms with E-state index in [-0.39, 0.29) is 0 Å². The van der Waals surface area contributed by atoms with Crippen molar-refractivity contribution in [3.8, 4) is 44.6 Å². The Bertz CT molecular complexity index is 3050. The average molecular weight is 659 g/mol. The van der Waals surface area contributed by atoms with E-state index in [1.807, 2.05) is 24.4 Å². The van der Waals surface area contributed by atoms with E-state index >= 15 is 0 Å². The van der Waals surface area contributed by atoms with Crippen LogP contribution in [0.15, 0.2) is 182 Å². The van der Waals surface area contributed by atoms with Gasteiger partial charge in [-0.15, -0.1) is 0 Å². The molecule has 8 aromatic carbocycles. The number of benzene rings is 8. The topological polar surface area (TPSA) is 17.3 Å². The van der Waals surface area contributed by atoms with E-state index < -0.39 is 5.41 Å². The third-order valence-corrected chi connectivity index (χ3v) is 11.8. The van der Waals surface area contributed by atoms with Gasteiger partial charge in [-0.05, 0) is 118 Å². The van der Waals surface area contributed by atoms with Gasteiger partial charge in [0.1, 0.15) is 5.65 Å². The van der Waals surface area contributed by atoms with Crippen LogP contribution in [0, 0.1) is 0 Å². The first kappa shape index (κ1) is 28.0. The van der Waals surface area contributed by atoms with Crippen molar-refractivity contribution in [2.45, 2.75) is 5.41 Å². The highest BCUT2D eigenvalue weighted by molar-refractivity contribution is 6.20. The largest absolute Gasteiger partial charge is 0.306 e. The number of hydrogen-bond acceptors (Lipinski definition) is 1. The van der Waals surface area contributed by atoms with Gasteiger partial charge < -0.3 is 4.40 Å². The van der Waals surface area contributed by atoms with Gasteiger partial charge in [-0.2, -0.15) is 0 Å². The predicted molar refractivity (Wildman–Crippen MR) is 215 cm³/mol. The lowest BCUT2D eigenvalue weighted by Gasteiger charge is -2.32. The molecular formula is C50H30N2. The number of pyridine rings is 1. The summed E-state index contributed by atoms with van der Waals surface area (Å²) in [7, 11) is 0. The fourth-order valence-electron chi connectivity index (χ4n) is 9.64. The van der Waals surface area contributed by atoms with Crippen LogP contribution in [0.3, 0.4) is 0 Å². The molecule has 240 valence electrons. The lowest BCUT2D eigenvalue weighted by Crippen LogP contribution is -2.26. The van der Waals surface area contributed by atoms with E-state index in [4.69, 9.17) is 4.98 Å². The van der Waals surface area contributed by atoms with E-state index in [0.29, 0.717) is 0 Å². The third-order valence-electron chi connectivity index (χ3n) is 11.8. The fourth-order valence-corrected chi connectivity index (χ4v) is 9.64. The van der Waals surface area contributed by atoms with Gasteiger partial charge in [0.05, 0.1) is 11.1 Å². The number of nitrogens with zero attached hydrogens (tertiary/aromatic N) is 2. The molecule has 0 fully saturated rings. The van der Waals surface area contributed by atoms with E-state index in [1.165, 1.54) is 88.0 Å². The summed E-state index contributed by atoms with van der Waals surface area (Å²) in [4.78, 5) is 4.84. The smallest absolute Gasteiger partial charge is 0.137 e. The monoisotopic (exact) mass is 658 g/mol. The minimum absolute atomic E-state index is 0.443. The maximum atomic E-state index is 4.84. The number of imidazole rings is 1. The Labute approximate surface area is 300 Å². The van der Waals surface area contributed by atoms with Gasteiger partial charge in [-0.3, -0.25) is 0 Å². The number of rotatable bonds is 2. The van der Waals surface area contributed by atoms with Crippen LogP contribution in [0.1, 0.15) is 22.3 Å². The molecule has 2 aliphatic rings. The van der Waals surface area contributed by atoms with Crippen LogP contribution in [0.25, 0.3) is 82.6 Å². The second-order valence-electron chi connectivity index (χ2n) is 14.3. The van der Waals surface area contributed by atoms with Crippen LogP contribution in [0.4, 0.5) is 0 Å². The zero-order chi connectivity index (χ0) is 34.0. The Hall–Kier alpha value is -6.77. The van der Waals surface area contributed by atoms with Crippen molar-refractivity contribution in [1.82, 2.24) is 9.38 Å². The molecule has 0 saturated heterocycles. The summed E-state index contributed by atoms with van der Waals surface area (Å²) in [5.74, 6) is 0. The van der Waals surface area contributed by atoms with E-state index in [0.717, 1.165) is 16.9 Å². The Balaban J connectivity index is 1.12. The molecule has 2 heterocycles. The first-order valence-electron chi connectivity index (χ1n) is 18.0. The summed E-state index contributed by atoms with van der Waals surface area (Å²) in [5.41, 5.74) is 15.9. The van der Waals surface area contributed by atoms with Crippen LogP contribution >= 0.6 is 0 Å². The molecule has 0 atom stereocenters. The molecule has 0 N–H and O–H groups in total. The Morgan fingerprint density at radius 2 is 1.04 bits per heavy atom. The highest BCUT2D eigenvalue weighted by atomic mass is 15.0. The SMILES string of the molecule is c1ccc2c(c1)-c1ccccc1C21c2cc3cc(-c4ccc(-c5cn6ccccc6n5)cc4)ccc3cc2-c2c1c1ccccc1c1ccccc21. The minimum atomic E-state index is -0.443. The van der Waals surface area contributed by atoms with Crippen LogP contribution in [0.5, 0.6) is 0 Å². The first-order chi connectivity index (χ1) is 25.8. The van der Waals surface area contributed by atoms with Crippen molar-refractivity contribution in [3.05, 3.63) is 205 Å². The van der Waals surface area contributed by atoms with Gasteiger partial charge in [0.15, 0.2) is 0 Å². The zero-order valence-electron chi connectivity index (χ0n) is 28.2. The van der Waals surface area contributed by atoms with Gasteiger partial charge in [-0.1, -0.05) is 140 Å². The number of fused-ring (bicyclic) bond motifs is 17. The van der Waals surface area contributed by atoms with Gasteiger partial charge >= 0.3 is 0 Å². The van der Waals surface area contributed by atoms with Crippen LogP contribution in [0.2, 0.25) is 0 Å². The van der Waals surface area contributed by atoms with Crippen LogP contribution in [-0.4, -0.2) is 9.38 Å². The van der Waals surface area contributed by atoms with E-state index in [2.05, 4.69) is 162 Å². The second-order valence-corrected chi connectivity index (χ2v) is 14.3. The van der Waals surface area contributed by atoms with Crippen molar-refractivity contribution in [3.63, 3.8) is 0 Å². The van der Waals surface area contributed by atoms with Gasteiger partial charge in [0, 0.05) is 18.0 Å². The third kappa shape index (κ3) is 3.56. The van der Waals surface area contributed by atoms with Crippen LogP contribution < -0.4 is 0 Å². The lowest BCUT2D eigenvalue weighted by molar-refractivity contribution is 0.803. The standard InChI is InChI=1S/C50H30N2/c1-3-15-40-36(11-1)37-12-2-4-16-41(37)49-48(40)42-28-34-25-24-33(31-20-22-32(23-21-31)46-30-52-26-10-9-19-47(52)51-46)27-35(34)29-45(42)50(49)43-17-7-5-13-38(43)39-14-6-8-18-44(39)50/h1-30H. The molecule has 0 bridgehead atoms. The molecule has 2 nitrogen and oxygen atoms in total. The molecule has 10 aromatic rings. The van der Waals surface area contributed by atoms with E-state index in [9.17, 15) is 0 Å².